The van der Waals surface area contributed by atoms with Crippen LogP contribution in [0.25, 0.3) is 0 Å². The zero-order valence-electron chi connectivity index (χ0n) is 17.4. The molecule has 0 radical (unpaired) electrons. The van der Waals surface area contributed by atoms with Crippen molar-refractivity contribution in [2.75, 3.05) is 13.2 Å². The van der Waals surface area contributed by atoms with Gasteiger partial charge < -0.3 is 14.6 Å². The Bertz CT molecular complexity index is 721. The van der Waals surface area contributed by atoms with Crippen molar-refractivity contribution >= 4 is 0 Å². The Morgan fingerprint density at radius 3 is 1.28 bits per heavy atom. The van der Waals surface area contributed by atoms with E-state index in [1.54, 1.807) is 0 Å². The molecule has 3 nitrogen and oxygen atoms in total. The minimum Gasteiger partial charge on any atom is -0.439 e. The molecule has 0 saturated carbocycles. The fourth-order valence-corrected chi connectivity index (χ4v) is 2.62. The van der Waals surface area contributed by atoms with Gasteiger partial charge in [0.15, 0.2) is 11.5 Å². The number of rotatable bonds is 10. The molecule has 0 aromatic carbocycles. The van der Waals surface area contributed by atoms with Crippen LogP contribution in [0.2, 0.25) is 0 Å². The SMILES string of the molecule is OCC#CCCCCCCC#Cc1ccc(C#CCCCCCCC#CCO)o1. The normalized spacial score (nSPS) is 9.17. The van der Waals surface area contributed by atoms with Gasteiger partial charge in [0.25, 0.3) is 0 Å². The number of aliphatic hydroxyl groups excluding tert-OH is 2. The van der Waals surface area contributed by atoms with Crippen molar-refractivity contribution < 1.29 is 14.6 Å². The van der Waals surface area contributed by atoms with E-state index in [-0.39, 0.29) is 13.2 Å². The fourth-order valence-electron chi connectivity index (χ4n) is 2.62. The number of aliphatic hydroxyl groups is 2. The highest BCUT2D eigenvalue weighted by Gasteiger charge is 1.95. The summed E-state index contributed by atoms with van der Waals surface area (Å²) in [5.41, 5.74) is 0. The summed E-state index contributed by atoms with van der Waals surface area (Å²) in [4.78, 5) is 0. The summed E-state index contributed by atoms with van der Waals surface area (Å²) in [5, 5.41) is 17.1. The van der Waals surface area contributed by atoms with E-state index in [0.717, 1.165) is 77.0 Å². The average Bonchev–Trinajstić information content (AvgIpc) is 3.18. The molecule has 1 aromatic rings. The van der Waals surface area contributed by atoms with Crippen LogP contribution in [0.3, 0.4) is 0 Å². The molecule has 0 atom stereocenters. The van der Waals surface area contributed by atoms with Gasteiger partial charge >= 0.3 is 0 Å². The monoisotopic (exact) mass is 392 g/mol. The summed E-state index contributed by atoms with van der Waals surface area (Å²) in [7, 11) is 0. The lowest BCUT2D eigenvalue weighted by Gasteiger charge is -1.94. The average molecular weight is 393 g/mol. The molecule has 0 bridgehead atoms. The van der Waals surface area contributed by atoms with E-state index in [0.29, 0.717) is 11.5 Å². The van der Waals surface area contributed by atoms with Gasteiger partial charge in [0.2, 0.25) is 0 Å². The Kier molecular flexibility index (Phi) is 15.9. The molecule has 2 N–H and O–H groups in total. The largest absolute Gasteiger partial charge is 0.439 e. The topological polar surface area (TPSA) is 53.6 Å². The van der Waals surface area contributed by atoms with Crippen LogP contribution in [0.5, 0.6) is 0 Å². The minimum atomic E-state index is -0.0424. The molecule has 0 spiro atoms. The molecule has 0 fully saturated rings. The molecule has 154 valence electrons. The quantitative estimate of drug-likeness (QED) is 0.450. The molecule has 1 rings (SSSR count). The van der Waals surface area contributed by atoms with Gasteiger partial charge in [-0.25, -0.2) is 0 Å². The molecule has 0 saturated heterocycles. The van der Waals surface area contributed by atoms with Crippen molar-refractivity contribution in [3.8, 4) is 47.4 Å². The standard InChI is InChI=1S/C26H32O3/c27-23-17-13-9-5-1-3-7-11-15-19-25-21-22-26(29-25)20-16-12-8-4-2-6-10-14-18-24-28/h21-22,27-28H,1-12,23-24H2. The first-order valence-electron chi connectivity index (χ1n) is 10.6. The van der Waals surface area contributed by atoms with Crippen molar-refractivity contribution in [3.63, 3.8) is 0 Å². The van der Waals surface area contributed by atoms with Crippen molar-refractivity contribution in [2.24, 2.45) is 0 Å². The van der Waals surface area contributed by atoms with Gasteiger partial charge in [-0.3, -0.25) is 0 Å². The van der Waals surface area contributed by atoms with Gasteiger partial charge in [0.05, 0.1) is 0 Å². The number of furan rings is 1. The second kappa shape index (κ2) is 18.8. The van der Waals surface area contributed by atoms with E-state index in [1.165, 1.54) is 0 Å². The number of unbranched alkanes of at least 4 members (excludes halogenated alkanes) is 10. The van der Waals surface area contributed by atoms with Gasteiger partial charge in [-0.2, -0.15) is 0 Å². The highest BCUT2D eigenvalue weighted by Crippen LogP contribution is 2.08. The fraction of sp³-hybridized carbons (Fsp3) is 0.538. The molecule has 0 unspecified atom stereocenters. The summed E-state index contributed by atoms with van der Waals surface area (Å²) in [6.45, 7) is -0.0847. The minimum absolute atomic E-state index is 0.0424. The smallest absolute Gasteiger partial charge is 0.178 e. The number of hydrogen-bond acceptors (Lipinski definition) is 3. The van der Waals surface area contributed by atoms with E-state index >= 15 is 0 Å². The molecule has 29 heavy (non-hydrogen) atoms. The van der Waals surface area contributed by atoms with Crippen LogP contribution in [-0.2, 0) is 0 Å². The summed E-state index contributed by atoms with van der Waals surface area (Å²) in [6.07, 6.45) is 12.4. The van der Waals surface area contributed by atoms with Gasteiger partial charge in [-0.15, -0.1) is 11.8 Å². The predicted molar refractivity (Wildman–Crippen MR) is 118 cm³/mol. The molecule has 0 aliphatic rings. The first-order chi connectivity index (χ1) is 14.4. The lowest BCUT2D eigenvalue weighted by atomic mass is 10.1. The zero-order chi connectivity index (χ0) is 20.8. The highest BCUT2D eigenvalue weighted by molar-refractivity contribution is 5.32. The molecular weight excluding hydrogens is 360 g/mol. The van der Waals surface area contributed by atoms with Crippen molar-refractivity contribution in [2.45, 2.75) is 77.0 Å². The van der Waals surface area contributed by atoms with Crippen LogP contribution in [-0.4, -0.2) is 23.4 Å². The third-order valence-corrected chi connectivity index (χ3v) is 4.14. The van der Waals surface area contributed by atoms with E-state index in [4.69, 9.17) is 14.6 Å². The van der Waals surface area contributed by atoms with Crippen molar-refractivity contribution in [1.82, 2.24) is 0 Å². The number of hydrogen-bond donors (Lipinski definition) is 2. The maximum atomic E-state index is 8.56. The Balaban J connectivity index is 2.10. The Morgan fingerprint density at radius 2 is 0.897 bits per heavy atom. The Hall–Kier alpha value is -2.56. The lowest BCUT2D eigenvalue weighted by Crippen LogP contribution is -1.78. The molecule has 1 aromatic heterocycles. The first kappa shape index (κ1) is 24.5. The lowest BCUT2D eigenvalue weighted by molar-refractivity contribution is 0.350. The van der Waals surface area contributed by atoms with Gasteiger partial charge in [0.1, 0.15) is 13.2 Å². The van der Waals surface area contributed by atoms with Crippen LogP contribution < -0.4 is 0 Å². The maximum absolute atomic E-state index is 8.56. The second-order valence-corrected chi connectivity index (χ2v) is 6.62. The van der Waals surface area contributed by atoms with Crippen LogP contribution in [0.4, 0.5) is 0 Å². The van der Waals surface area contributed by atoms with E-state index < -0.39 is 0 Å². The van der Waals surface area contributed by atoms with Crippen LogP contribution in [0.1, 0.15) is 88.6 Å². The third-order valence-electron chi connectivity index (χ3n) is 4.14. The zero-order valence-corrected chi connectivity index (χ0v) is 17.4. The first-order valence-corrected chi connectivity index (χ1v) is 10.6. The molecule has 3 heteroatoms. The summed E-state index contributed by atoms with van der Waals surface area (Å²) >= 11 is 0. The van der Waals surface area contributed by atoms with Gasteiger partial charge in [0, 0.05) is 25.7 Å². The van der Waals surface area contributed by atoms with E-state index in [9.17, 15) is 0 Å². The van der Waals surface area contributed by atoms with Crippen molar-refractivity contribution in [1.29, 1.82) is 0 Å². The van der Waals surface area contributed by atoms with E-state index in [2.05, 4.69) is 47.4 Å². The maximum Gasteiger partial charge on any atom is 0.178 e. The Morgan fingerprint density at radius 1 is 0.517 bits per heavy atom. The Labute approximate surface area is 176 Å². The van der Waals surface area contributed by atoms with Crippen molar-refractivity contribution in [3.05, 3.63) is 23.7 Å². The summed E-state index contributed by atoms with van der Waals surface area (Å²) < 4.78 is 5.63. The van der Waals surface area contributed by atoms with Gasteiger partial charge in [-0.05, 0) is 49.7 Å². The van der Waals surface area contributed by atoms with Crippen LogP contribution in [0.15, 0.2) is 16.5 Å². The second-order valence-electron chi connectivity index (χ2n) is 6.62. The predicted octanol–water partition coefficient (Wildman–Crippen LogP) is 4.66. The molecule has 0 aliphatic carbocycles. The van der Waals surface area contributed by atoms with Crippen LogP contribution in [0, 0.1) is 47.4 Å². The third kappa shape index (κ3) is 15.1. The molecule has 0 amide bonds. The molecule has 1 heterocycles. The van der Waals surface area contributed by atoms with E-state index in [1.807, 2.05) is 12.1 Å². The summed E-state index contributed by atoms with van der Waals surface area (Å²) in [6, 6.07) is 3.76. The van der Waals surface area contributed by atoms with Crippen LogP contribution >= 0.6 is 0 Å². The molecule has 0 aliphatic heterocycles. The molecular formula is C26H32O3. The highest BCUT2D eigenvalue weighted by atomic mass is 16.3. The summed E-state index contributed by atoms with van der Waals surface area (Å²) in [5.74, 6) is 25.0. The van der Waals surface area contributed by atoms with Gasteiger partial charge in [-0.1, -0.05) is 49.4 Å².